The van der Waals surface area contributed by atoms with Gasteiger partial charge in [-0.25, -0.2) is 0 Å². The third-order valence-corrected chi connectivity index (χ3v) is 4.31. The molecule has 2 heterocycles. The van der Waals surface area contributed by atoms with Crippen molar-refractivity contribution < 1.29 is 9.53 Å². The number of hydrogen-bond donors (Lipinski definition) is 0. The average Bonchev–Trinajstić information content (AvgIpc) is 2.32. The number of carbonyl (C=O) groups excluding carboxylic acids is 1. The van der Waals surface area contributed by atoms with E-state index < -0.39 is 0 Å². The van der Waals surface area contributed by atoms with Crippen molar-refractivity contribution in [3.8, 4) is 0 Å². The largest absolute Gasteiger partial charge is 0.378 e. The summed E-state index contributed by atoms with van der Waals surface area (Å²) in [7, 11) is 0. The Labute approximate surface area is 106 Å². The van der Waals surface area contributed by atoms with Crippen LogP contribution in [-0.4, -0.2) is 41.4 Å². The SMILES string of the molecule is O=C1C(Br)CCCN1CCC1CCCCO1. The van der Waals surface area contributed by atoms with Gasteiger partial charge in [0.2, 0.25) is 5.91 Å². The van der Waals surface area contributed by atoms with Crippen LogP contribution in [0.15, 0.2) is 0 Å². The highest BCUT2D eigenvalue weighted by molar-refractivity contribution is 9.10. The Hall–Kier alpha value is -0.0900. The van der Waals surface area contributed by atoms with Crippen molar-refractivity contribution in [3.63, 3.8) is 0 Å². The molecule has 3 nitrogen and oxygen atoms in total. The summed E-state index contributed by atoms with van der Waals surface area (Å²) in [5.74, 6) is 0.266. The minimum Gasteiger partial charge on any atom is -0.378 e. The van der Waals surface area contributed by atoms with Crippen molar-refractivity contribution >= 4 is 21.8 Å². The lowest BCUT2D eigenvalue weighted by Gasteiger charge is -2.31. The summed E-state index contributed by atoms with van der Waals surface area (Å²) in [5.41, 5.74) is 0. The molecule has 1 amide bonds. The fourth-order valence-electron chi connectivity index (χ4n) is 2.45. The molecule has 2 saturated heterocycles. The Balaban J connectivity index is 1.73. The molecule has 2 fully saturated rings. The first-order valence-electron chi connectivity index (χ1n) is 6.32. The second kappa shape index (κ2) is 6.01. The summed E-state index contributed by atoms with van der Waals surface area (Å²) in [6.45, 7) is 2.69. The van der Waals surface area contributed by atoms with Crippen LogP contribution < -0.4 is 0 Å². The van der Waals surface area contributed by atoms with Gasteiger partial charge >= 0.3 is 0 Å². The number of rotatable bonds is 3. The molecule has 0 aromatic heterocycles. The maximum Gasteiger partial charge on any atom is 0.236 e. The van der Waals surface area contributed by atoms with Crippen LogP contribution in [0.5, 0.6) is 0 Å². The van der Waals surface area contributed by atoms with Gasteiger partial charge in [-0.3, -0.25) is 4.79 Å². The van der Waals surface area contributed by atoms with E-state index in [9.17, 15) is 4.79 Å². The number of carbonyl (C=O) groups is 1. The second-order valence-corrected chi connectivity index (χ2v) is 5.82. The van der Waals surface area contributed by atoms with Crippen LogP contribution in [0.4, 0.5) is 0 Å². The Bertz CT molecular complexity index is 241. The molecule has 0 bridgehead atoms. The van der Waals surface area contributed by atoms with Crippen LogP contribution in [0.25, 0.3) is 0 Å². The van der Waals surface area contributed by atoms with Gasteiger partial charge in [-0.2, -0.15) is 0 Å². The van der Waals surface area contributed by atoms with Gasteiger partial charge in [-0.1, -0.05) is 15.9 Å². The number of likely N-dealkylation sites (tertiary alicyclic amines) is 1. The van der Waals surface area contributed by atoms with Crippen molar-refractivity contribution in [1.82, 2.24) is 4.90 Å². The van der Waals surface area contributed by atoms with Gasteiger partial charge in [0.25, 0.3) is 0 Å². The van der Waals surface area contributed by atoms with Crippen LogP contribution in [0, 0.1) is 0 Å². The fraction of sp³-hybridized carbons (Fsp3) is 0.917. The van der Waals surface area contributed by atoms with E-state index in [0.29, 0.717) is 6.10 Å². The van der Waals surface area contributed by atoms with E-state index in [-0.39, 0.29) is 10.7 Å². The average molecular weight is 290 g/mol. The Kier molecular flexibility index (Phi) is 4.65. The van der Waals surface area contributed by atoms with E-state index in [1.54, 1.807) is 0 Å². The molecule has 2 aliphatic rings. The Morgan fingerprint density at radius 2 is 2.19 bits per heavy atom. The second-order valence-electron chi connectivity index (χ2n) is 4.71. The molecule has 2 aliphatic heterocycles. The van der Waals surface area contributed by atoms with Crippen molar-refractivity contribution in [1.29, 1.82) is 0 Å². The summed E-state index contributed by atoms with van der Waals surface area (Å²) in [6, 6.07) is 0. The zero-order chi connectivity index (χ0) is 11.4. The van der Waals surface area contributed by atoms with Crippen LogP contribution in [0.2, 0.25) is 0 Å². The maximum atomic E-state index is 11.8. The number of ether oxygens (including phenoxy) is 1. The summed E-state index contributed by atoms with van der Waals surface area (Å²) in [6.07, 6.45) is 7.13. The monoisotopic (exact) mass is 289 g/mol. The minimum atomic E-state index is 0.0496. The molecular formula is C12H20BrNO2. The van der Waals surface area contributed by atoms with Crippen molar-refractivity contribution in [2.75, 3.05) is 19.7 Å². The van der Waals surface area contributed by atoms with Crippen LogP contribution >= 0.6 is 15.9 Å². The number of halogens is 1. The molecule has 0 aromatic rings. The fourth-order valence-corrected chi connectivity index (χ4v) is 3.06. The summed E-state index contributed by atoms with van der Waals surface area (Å²) < 4.78 is 5.68. The molecule has 0 radical (unpaired) electrons. The lowest BCUT2D eigenvalue weighted by Crippen LogP contribution is -2.43. The van der Waals surface area contributed by atoms with Crippen LogP contribution in [0.1, 0.15) is 38.5 Å². The number of hydrogen-bond acceptors (Lipinski definition) is 2. The first kappa shape index (κ1) is 12.4. The topological polar surface area (TPSA) is 29.5 Å². The molecule has 0 aliphatic carbocycles. The molecule has 2 atom stereocenters. The molecule has 2 unspecified atom stereocenters. The van der Waals surface area contributed by atoms with E-state index in [4.69, 9.17) is 4.74 Å². The first-order valence-corrected chi connectivity index (χ1v) is 7.23. The van der Waals surface area contributed by atoms with Gasteiger partial charge < -0.3 is 9.64 Å². The van der Waals surface area contributed by atoms with Gasteiger partial charge in [0.15, 0.2) is 0 Å². The quantitative estimate of drug-likeness (QED) is 0.747. The third-order valence-electron chi connectivity index (χ3n) is 3.46. The van der Waals surface area contributed by atoms with E-state index in [2.05, 4.69) is 15.9 Å². The molecule has 92 valence electrons. The molecule has 2 rings (SSSR count). The summed E-state index contributed by atoms with van der Waals surface area (Å²) in [4.78, 5) is 13.9. The molecule has 0 spiro atoms. The summed E-state index contributed by atoms with van der Waals surface area (Å²) >= 11 is 3.44. The van der Waals surface area contributed by atoms with Gasteiger partial charge in [0.05, 0.1) is 10.9 Å². The highest BCUT2D eigenvalue weighted by atomic mass is 79.9. The van der Waals surface area contributed by atoms with Crippen LogP contribution in [-0.2, 0) is 9.53 Å². The smallest absolute Gasteiger partial charge is 0.236 e. The van der Waals surface area contributed by atoms with Crippen molar-refractivity contribution in [3.05, 3.63) is 0 Å². The predicted molar refractivity (Wildman–Crippen MR) is 66.7 cm³/mol. The lowest BCUT2D eigenvalue weighted by molar-refractivity contribution is -0.133. The summed E-state index contributed by atoms with van der Waals surface area (Å²) in [5, 5.41) is 0. The zero-order valence-corrected chi connectivity index (χ0v) is 11.2. The van der Waals surface area contributed by atoms with E-state index in [0.717, 1.165) is 39.0 Å². The van der Waals surface area contributed by atoms with E-state index in [1.807, 2.05) is 4.90 Å². The van der Waals surface area contributed by atoms with Crippen molar-refractivity contribution in [2.45, 2.75) is 49.5 Å². The number of alkyl halides is 1. The Morgan fingerprint density at radius 3 is 2.94 bits per heavy atom. The van der Waals surface area contributed by atoms with E-state index >= 15 is 0 Å². The maximum absolute atomic E-state index is 11.8. The lowest BCUT2D eigenvalue weighted by atomic mass is 10.0. The number of amides is 1. The van der Waals surface area contributed by atoms with Gasteiger partial charge in [-0.05, 0) is 38.5 Å². The minimum absolute atomic E-state index is 0.0496. The molecule has 16 heavy (non-hydrogen) atoms. The highest BCUT2D eigenvalue weighted by Gasteiger charge is 2.26. The molecule has 0 saturated carbocycles. The number of nitrogens with zero attached hydrogens (tertiary/aromatic N) is 1. The predicted octanol–water partition coefficient (Wildman–Crippen LogP) is 2.33. The van der Waals surface area contributed by atoms with Gasteiger partial charge in [-0.15, -0.1) is 0 Å². The van der Waals surface area contributed by atoms with Crippen LogP contribution in [0.3, 0.4) is 0 Å². The highest BCUT2D eigenvalue weighted by Crippen LogP contribution is 2.21. The molecule has 0 aromatic carbocycles. The van der Waals surface area contributed by atoms with Gasteiger partial charge in [0, 0.05) is 19.7 Å². The third kappa shape index (κ3) is 3.20. The van der Waals surface area contributed by atoms with Crippen molar-refractivity contribution in [2.24, 2.45) is 0 Å². The number of piperidine rings is 1. The van der Waals surface area contributed by atoms with E-state index in [1.165, 1.54) is 19.3 Å². The standard InChI is InChI=1S/C12H20BrNO2/c13-11-5-3-7-14(12(11)15)8-6-10-4-1-2-9-16-10/h10-11H,1-9H2. The zero-order valence-electron chi connectivity index (χ0n) is 9.66. The normalized spacial score (nSPS) is 31.8. The first-order chi connectivity index (χ1) is 7.77. The Morgan fingerprint density at radius 1 is 1.31 bits per heavy atom. The van der Waals surface area contributed by atoms with Gasteiger partial charge in [0.1, 0.15) is 0 Å². The molecule has 4 heteroatoms. The molecular weight excluding hydrogens is 270 g/mol. The molecule has 0 N–H and O–H groups in total.